The number of hydrogen-bond acceptors (Lipinski definition) is 3. The van der Waals surface area contributed by atoms with Crippen molar-refractivity contribution in [2.45, 2.75) is 0 Å². The molecule has 0 aliphatic carbocycles. The quantitative estimate of drug-likeness (QED) is 0.659. The van der Waals surface area contributed by atoms with E-state index in [-0.39, 0.29) is 0 Å². The molecule has 2 aromatic heterocycles. The van der Waals surface area contributed by atoms with Gasteiger partial charge < -0.3 is 10.2 Å². The second kappa shape index (κ2) is 2.16. The molecule has 2 heterocycles. The van der Waals surface area contributed by atoms with Crippen LogP contribution in [0.15, 0.2) is 35.4 Å². The van der Waals surface area contributed by atoms with Gasteiger partial charge in [-0.3, -0.25) is 0 Å². The van der Waals surface area contributed by atoms with Gasteiger partial charge in [0.1, 0.15) is 12.0 Å². The number of anilines is 1. The van der Waals surface area contributed by atoms with Gasteiger partial charge in [0.2, 0.25) is 0 Å². The van der Waals surface area contributed by atoms with Gasteiger partial charge in [0.15, 0.2) is 0 Å². The summed E-state index contributed by atoms with van der Waals surface area (Å²) in [7, 11) is 0. The standard InChI is InChI=1S/C7H7N3O/c8-6-3-9-10(4-6)7-1-2-11-5-7/h1-5H,8H2. The number of aromatic nitrogens is 2. The molecule has 4 nitrogen and oxygen atoms in total. The highest BCUT2D eigenvalue weighted by Crippen LogP contribution is 2.08. The van der Waals surface area contributed by atoms with Crippen molar-refractivity contribution in [3.8, 4) is 5.69 Å². The number of nitrogens with two attached hydrogens (primary N) is 1. The van der Waals surface area contributed by atoms with Crippen LogP contribution in [0.1, 0.15) is 0 Å². The first-order valence-electron chi connectivity index (χ1n) is 3.19. The zero-order chi connectivity index (χ0) is 7.68. The highest BCUT2D eigenvalue weighted by Gasteiger charge is 1.97. The van der Waals surface area contributed by atoms with Crippen LogP contribution in [0, 0.1) is 0 Å². The predicted molar refractivity (Wildman–Crippen MR) is 40.2 cm³/mol. The Balaban J connectivity index is 2.45. The minimum Gasteiger partial charge on any atom is -0.470 e. The smallest absolute Gasteiger partial charge is 0.116 e. The largest absolute Gasteiger partial charge is 0.470 e. The fraction of sp³-hybridized carbons (Fsp3) is 0. The van der Waals surface area contributed by atoms with Gasteiger partial charge in [0, 0.05) is 6.07 Å². The molecule has 0 aliphatic rings. The maximum absolute atomic E-state index is 5.47. The van der Waals surface area contributed by atoms with E-state index in [1.807, 2.05) is 6.07 Å². The van der Waals surface area contributed by atoms with Crippen molar-refractivity contribution in [2.75, 3.05) is 5.73 Å². The Morgan fingerprint density at radius 3 is 3.00 bits per heavy atom. The molecule has 4 heteroatoms. The Kier molecular flexibility index (Phi) is 1.18. The number of rotatable bonds is 1. The topological polar surface area (TPSA) is 57.0 Å². The maximum Gasteiger partial charge on any atom is 0.116 e. The summed E-state index contributed by atoms with van der Waals surface area (Å²) in [6.07, 6.45) is 6.51. The fourth-order valence-electron chi connectivity index (χ4n) is 0.866. The lowest BCUT2D eigenvalue weighted by Crippen LogP contribution is -1.90. The molecular weight excluding hydrogens is 142 g/mol. The number of hydrogen-bond donors (Lipinski definition) is 1. The second-order valence-electron chi connectivity index (χ2n) is 2.20. The lowest BCUT2D eigenvalue weighted by atomic mass is 10.5. The van der Waals surface area contributed by atoms with Gasteiger partial charge in [0.25, 0.3) is 0 Å². The monoisotopic (exact) mass is 149 g/mol. The normalized spacial score (nSPS) is 10.2. The molecule has 0 amide bonds. The zero-order valence-corrected chi connectivity index (χ0v) is 5.77. The number of nitrogen functional groups attached to an aromatic ring is 1. The minimum absolute atomic E-state index is 0.645. The van der Waals surface area contributed by atoms with E-state index < -0.39 is 0 Å². The first-order chi connectivity index (χ1) is 5.36. The number of furan rings is 1. The second-order valence-corrected chi connectivity index (χ2v) is 2.20. The summed E-state index contributed by atoms with van der Waals surface area (Å²) in [5, 5.41) is 3.99. The van der Waals surface area contributed by atoms with E-state index in [0.717, 1.165) is 5.69 Å². The van der Waals surface area contributed by atoms with Gasteiger partial charge in [-0.15, -0.1) is 0 Å². The van der Waals surface area contributed by atoms with Gasteiger partial charge in [-0.05, 0) is 0 Å². The van der Waals surface area contributed by atoms with Crippen LogP contribution in [0.5, 0.6) is 0 Å². The molecule has 0 saturated carbocycles. The lowest BCUT2D eigenvalue weighted by Gasteiger charge is -1.91. The summed E-state index contributed by atoms with van der Waals surface area (Å²) in [4.78, 5) is 0. The molecule has 0 atom stereocenters. The molecule has 0 aliphatic heterocycles. The van der Waals surface area contributed by atoms with Crippen LogP contribution in [0.2, 0.25) is 0 Å². The van der Waals surface area contributed by atoms with E-state index in [1.54, 1.807) is 29.6 Å². The van der Waals surface area contributed by atoms with Crippen molar-refractivity contribution >= 4 is 5.69 Å². The van der Waals surface area contributed by atoms with Crippen molar-refractivity contribution in [3.05, 3.63) is 31.0 Å². The fourth-order valence-corrected chi connectivity index (χ4v) is 0.866. The highest BCUT2D eigenvalue weighted by atomic mass is 16.3. The molecule has 0 fully saturated rings. The van der Waals surface area contributed by atoms with Crippen molar-refractivity contribution in [1.29, 1.82) is 0 Å². The van der Waals surface area contributed by atoms with E-state index in [2.05, 4.69) is 5.10 Å². The molecule has 2 rings (SSSR count). The highest BCUT2D eigenvalue weighted by molar-refractivity contribution is 5.36. The van der Waals surface area contributed by atoms with Crippen LogP contribution in [0.4, 0.5) is 5.69 Å². The van der Waals surface area contributed by atoms with E-state index in [9.17, 15) is 0 Å². The van der Waals surface area contributed by atoms with Crippen LogP contribution >= 0.6 is 0 Å². The molecule has 0 saturated heterocycles. The molecule has 0 spiro atoms. The van der Waals surface area contributed by atoms with Crippen molar-refractivity contribution in [3.63, 3.8) is 0 Å². The Bertz CT molecular complexity index is 336. The predicted octanol–water partition coefficient (Wildman–Crippen LogP) is 1.05. The molecule has 2 N–H and O–H groups in total. The molecule has 0 aromatic carbocycles. The molecule has 2 aromatic rings. The molecular formula is C7H7N3O. The Morgan fingerprint density at radius 1 is 1.55 bits per heavy atom. The summed E-state index contributed by atoms with van der Waals surface area (Å²) >= 11 is 0. The SMILES string of the molecule is Nc1cnn(-c2ccoc2)c1. The van der Waals surface area contributed by atoms with E-state index >= 15 is 0 Å². The molecule has 0 radical (unpaired) electrons. The van der Waals surface area contributed by atoms with Crippen LogP contribution in [-0.4, -0.2) is 9.78 Å². The summed E-state index contributed by atoms with van der Waals surface area (Å²) < 4.78 is 6.53. The zero-order valence-electron chi connectivity index (χ0n) is 5.77. The van der Waals surface area contributed by atoms with Gasteiger partial charge in [-0.1, -0.05) is 0 Å². The van der Waals surface area contributed by atoms with Crippen molar-refractivity contribution < 1.29 is 4.42 Å². The Labute approximate surface area is 63.2 Å². The Hall–Kier alpha value is -1.71. The average molecular weight is 149 g/mol. The van der Waals surface area contributed by atoms with E-state index in [4.69, 9.17) is 10.2 Å². The van der Waals surface area contributed by atoms with Gasteiger partial charge >= 0.3 is 0 Å². The molecule has 0 unspecified atom stereocenters. The minimum atomic E-state index is 0.645. The molecule has 56 valence electrons. The van der Waals surface area contributed by atoms with Crippen LogP contribution in [0.25, 0.3) is 5.69 Å². The summed E-state index contributed by atoms with van der Waals surface area (Å²) in [6, 6.07) is 1.81. The van der Waals surface area contributed by atoms with Gasteiger partial charge in [-0.2, -0.15) is 5.10 Å². The third kappa shape index (κ3) is 0.980. The van der Waals surface area contributed by atoms with Crippen molar-refractivity contribution in [2.24, 2.45) is 0 Å². The Morgan fingerprint density at radius 2 is 2.45 bits per heavy atom. The summed E-state index contributed by atoms with van der Waals surface area (Å²) in [5.74, 6) is 0. The van der Waals surface area contributed by atoms with Crippen LogP contribution in [-0.2, 0) is 0 Å². The lowest BCUT2D eigenvalue weighted by molar-refractivity contribution is 0.564. The first kappa shape index (κ1) is 6.03. The summed E-state index contributed by atoms with van der Waals surface area (Å²) in [5.41, 5.74) is 6.99. The van der Waals surface area contributed by atoms with Gasteiger partial charge in [-0.25, -0.2) is 4.68 Å². The van der Waals surface area contributed by atoms with E-state index in [0.29, 0.717) is 5.69 Å². The van der Waals surface area contributed by atoms with Crippen molar-refractivity contribution in [1.82, 2.24) is 9.78 Å². The first-order valence-corrected chi connectivity index (χ1v) is 3.19. The number of nitrogens with zero attached hydrogens (tertiary/aromatic N) is 2. The maximum atomic E-state index is 5.47. The molecule has 11 heavy (non-hydrogen) atoms. The van der Waals surface area contributed by atoms with Gasteiger partial charge in [0.05, 0.1) is 24.3 Å². The third-order valence-corrected chi connectivity index (χ3v) is 1.37. The van der Waals surface area contributed by atoms with Crippen LogP contribution < -0.4 is 5.73 Å². The molecule has 0 bridgehead atoms. The van der Waals surface area contributed by atoms with Crippen LogP contribution in [0.3, 0.4) is 0 Å². The van der Waals surface area contributed by atoms with E-state index in [1.165, 1.54) is 0 Å². The third-order valence-electron chi connectivity index (χ3n) is 1.37. The average Bonchev–Trinajstić information content (AvgIpc) is 2.55. The summed E-state index contributed by atoms with van der Waals surface area (Å²) in [6.45, 7) is 0.